The largest absolute Gasteiger partial charge is 0.494 e. The van der Waals surface area contributed by atoms with Crippen LogP contribution in [0.2, 0.25) is 0 Å². The van der Waals surface area contributed by atoms with Crippen molar-refractivity contribution in [2.75, 3.05) is 18.2 Å². The van der Waals surface area contributed by atoms with Gasteiger partial charge in [-0.25, -0.2) is 0 Å². The number of nitrogens with one attached hydrogen (secondary N) is 1. The number of carbonyl (C=O) groups excluding carboxylic acids is 1. The maximum Gasteiger partial charge on any atom is 0.322 e. The zero-order chi connectivity index (χ0) is 20.5. The van der Waals surface area contributed by atoms with Crippen LogP contribution in [0.1, 0.15) is 48.0 Å². The number of nitrogens with zero attached hydrogens (tertiary/aromatic N) is 2. The summed E-state index contributed by atoms with van der Waals surface area (Å²) in [7, 11) is 0. The van der Waals surface area contributed by atoms with Gasteiger partial charge in [0.25, 0.3) is 5.91 Å². The number of hydrogen-bond donors (Lipinski definition) is 1. The molecule has 0 aliphatic heterocycles. The van der Waals surface area contributed by atoms with Crippen LogP contribution in [-0.4, -0.2) is 29.0 Å². The first-order valence-corrected chi connectivity index (χ1v) is 10.9. The van der Waals surface area contributed by atoms with Crippen molar-refractivity contribution in [3.63, 3.8) is 0 Å². The standard InChI is InChI=1S/C22H25N3O3S/c1-3-4-5-13-27-18-8-6-7-17(15-18)21(26)23-22-25-24-20(28-22)14-16-9-11-19(29-2)12-10-16/h6-12,15H,3-5,13-14H2,1-2H3,(H,23,25,26). The van der Waals surface area contributed by atoms with E-state index in [4.69, 9.17) is 9.15 Å². The molecule has 1 N–H and O–H groups in total. The van der Waals surface area contributed by atoms with Crippen molar-refractivity contribution in [2.24, 2.45) is 0 Å². The molecule has 0 saturated carbocycles. The molecular formula is C22H25N3O3S. The van der Waals surface area contributed by atoms with Gasteiger partial charge in [-0.1, -0.05) is 43.1 Å². The van der Waals surface area contributed by atoms with Crippen LogP contribution in [0, 0.1) is 0 Å². The van der Waals surface area contributed by atoms with E-state index in [2.05, 4.69) is 34.6 Å². The molecule has 1 aromatic heterocycles. The summed E-state index contributed by atoms with van der Waals surface area (Å²) < 4.78 is 11.3. The SMILES string of the molecule is CCCCCOc1cccc(C(=O)Nc2nnc(Cc3ccc(SC)cc3)o2)c1. The minimum atomic E-state index is -0.316. The number of ether oxygens (including phenoxy) is 1. The highest BCUT2D eigenvalue weighted by Gasteiger charge is 2.13. The van der Waals surface area contributed by atoms with Crippen LogP contribution < -0.4 is 10.1 Å². The van der Waals surface area contributed by atoms with E-state index in [9.17, 15) is 4.79 Å². The van der Waals surface area contributed by atoms with Crippen LogP contribution >= 0.6 is 11.8 Å². The molecule has 0 atom stereocenters. The molecule has 3 aromatic rings. The fourth-order valence-corrected chi connectivity index (χ4v) is 3.14. The zero-order valence-corrected chi connectivity index (χ0v) is 17.5. The molecule has 0 bridgehead atoms. The number of carbonyl (C=O) groups is 1. The third-order valence-corrected chi connectivity index (χ3v) is 5.06. The second kappa shape index (κ2) is 10.7. The minimum Gasteiger partial charge on any atom is -0.494 e. The van der Waals surface area contributed by atoms with E-state index in [0.717, 1.165) is 24.8 Å². The fourth-order valence-electron chi connectivity index (χ4n) is 2.73. The number of anilines is 1. The van der Waals surface area contributed by atoms with Crippen molar-refractivity contribution in [2.45, 2.75) is 37.5 Å². The van der Waals surface area contributed by atoms with Gasteiger partial charge in [0.05, 0.1) is 13.0 Å². The van der Waals surface area contributed by atoms with Gasteiger partial charge < -0.3 is 9.15 Å². The van der Waals surface area contributed by atoms with Crippen LogP contribution in [0.25, 0.3) is 0 Å². The van der Waals surface area contributed by atoms with Gasteiger partial charge in [0.1, 0.15) is 5.75 Å². The van der Waals surface area contributed by atoms with Crippen molar-refractivity contribution >= 4 is 23.7 Å². The summed E-state index contributed by atoms with van der Waals surface area (Å²) in [6, 6.07) is 15.3. The molecule has 0 fully saturated rings. The predicted octanol–water partition coefficient (Wildman–Crippen LogP) is 5.20. The second-order valence-electron chi connectivity index (χ2n) is 6.56. The van der Waals surface area contributed by atoms with Crippen molar-refractivity contribution in [1.29, 1.82) is 0 Å². The minimum absolute atomic E-state index is 0.0833. The van der Waals surface area contributed by atoms with Crippen molar-refractivity contribution in [1.82, 2.24) is 10.2 Å². The van der Waals surface area contributed by atoms with E-state index >= 15 is 0 Å². The summed E-state index contributed by atoms with van der Waals surface area (Å²) in [5.41, 5.74) is 1.54. The van der Waals surface area contributed by atoms with Gasteiger partial charge in [0.2, 0.25) is 5.89 Å². The summed E-state index contributed by atoms with van der Waals surface area (Å²) in [5.74, 6) is 0.808. The normalized spacial score (nSPS) is 10.7. The fraction of sp³-hybridized carbons (Fsp3) is 0.318. The van der Waals surface area contributed by atoms with Gasteiger partial charge in [-0.05, 0) is 48.6 Å². The van der Waals surface area contributed by atoms with Gasteiger partial charge in [-0.15, -0.1) is 16.9 Å². The van der Waals surface area contributed by atoms with Gasteiger partial charge >= 0.3 is 6.01 Å². The summed E-state index contributed by atoms with van der Waals surface area (Å²) in [6.07, 6.45) is 5.81. The Kier molecular flexibility index (Phi) is 7.69. The Labute approximate surface area is 175 Å². The molecule has 152 valence electrons. The summed E-state index contributed by atoms with van der Waals surface area (Å²) >= 11 is 1.69. The summed E-state index contributed by atoms with van der Waals surface area (Å²) in [6.45, 7) is 2.79. The third kappa shape index (κ3) is 6.35. The Morgan fingerprint density at radius 1 is 1.14 bits per heavy atom. The van der Waals surface area contributed by atoms with E-state index in [1.54, 1.807) is 30.0 Å². The van der Waals surface area contributed by atoms with Crippen molar-refractivity contribution < 1.29 is 13.9 Å². The summed E-state index contributed by atoms with van der Waals surface area (Å²) in [5, 5.41) is 10.6. The Morgan fingerprint density at radius 2 is 1.97 bits per heavy atom. The number of thioether (sulfide) groups is 1. The smallest absolute Gasteiger partial charge is 0.322 e. The lowest BCUT2D eigenvalue weighted by molar-refractivity contribution is 0.102. The van der Waals surface area contributed by atoms with Gasteiger partial charge in [0.15, 0.2) is 0 Å². The lowest BCUT2D eigenvalue weighted by Crippen LogP contribution is -2.12. The topological polar surface area (TPSA) is 77.2 Å². The van der Waals surface area contributed by atoms with Crippen LogP contribution in [0.15, 0.2) is 57.8 Å². The molecule has 7 heteroatoms. The average Bonchev–Trinajstić information content (AvgIpc) is 3.18. The van der Waals surface area contributed by atoms with E-state index in [1.165, 1.54) is 4.90 Å². The second-order valence-corrected chi connectivity index (χ2v) is 7.44. The highest BCUT2D eigenvalue weighted by atomic mass is 32.2. The van der Waals surface area contributed by atoms with E-state index in [-0.39, 0.29) is 11.9 Å². The molecule has 0 unspecified atom stereocenters. The molecule has 1 heterocycles. The van der Waals surface area contributed by atoms with Crippen LogP contribution in [0.5, 0.6) is 5.75 Å². The molecule has 3 rings (SSSR count). The van der Waals surface area contributed by atoms with Crippen molar-refractivity contribution in [3.05, 3.63) is 65.5 Å². The molecular weight excluding hydrogens is 386 g/mol. The Hall–Kier alpha value is -2.80. The Bertz CT molecular complexity index is 925. The van der Waals surface area contributed by atoms with Gasteiger partial charge in [0, 0.05) is 10.5 Å². The lowest BCUT2D eigenvalue weighted by Gasteiger charge is -2.07. The number of hydrogen-bond acceptors (Lipinski definition) is 6. The number of aromatic nitrogens is 2. The van der Waals surface area contributed by atoms with E-state index in [0.29, 0.717) is 30.2 Å². The zero-order valence-electron chi connectivity index (χ0n) is 16.7. The van der Waals surface area contributed by atoms with Gasteiger partial charge in [-0.3, -0.25) is 10.1 Å². The molecule has 0 saturated heterocycles. The number of amides is 1. The highest BCUT2D eigenvalue weighted by Crippen LogP contribution is 2.18. The Morgan fingerprint density at radius 3 is 2.72 bits per heavy atom. The molecule has 0 aliphatic rings. The highest BCUT2D eigenvalue weighted by molar-refractivity contribution is 7.98. The number of benzene rings is 2. The van der Waals surface area contributed by atoms with E-state index in [1.807, 2.05) is 24.5 Å². The molecule has 0 radical (unpaired) electrons. The molecule has 0 spiro atoms. The molecule has 2 aromatic carbocycles. The van der Waals surface area contributed by atoms with E-state index < -0.39 is 0 Å². The Balaban J connectivity index is 1.56. The number of unbranched alkanes of at least 4 members (excludes halogenated alkanes) is 2. The molecule has 0 aliphatic carbocycles. The number of rotatable bonds is 10. The molecule has 29 heavy (non-hydrogen) atoms. The molecule has 6 nitrogen and oxygen atoms in total. The molecule has 1 amide bonds. The quantitative estimate of drug-likeness (QED) is 0.365. The first-order valence-electron chi connectivity index (χ1n) is 9.67. The van der Waals surface area contributed by atoms with Crippen LogP contribution in [0.3, 0.4) is 0 Å². The maximum absolute atomic E-state index is 12.5. The third-order valence-electron chi connectivity index (χ3n) is 4.31. The maximum atomic E-state index is 12.5. The van der Waals surface area contributed by atoms with Gasteiger partial charge in [-0.2, -0.15) is 0 Å². The predicted molar refractivity (Wildman–Crippen MR) is 115 cm³/mol. The van der Waals surface area contributed by atoms with Crippen LogP contribution in [0.4, 0.5) is 6.01 Å². The first-order chi connectivity index (χ1) is 14.2. The lowest BCUT2D eigenvalue weighted by atomic mass is 10.1. The van der Waals surface area contributed by atoms with Crippen molar-refractivity contribution in [3.8, 4) is 5.75 Å². The average molecular weight is 412 g/mol. The first kappa shape index (κ1) is 20.9. The van der Waals surface area contributed by atoms with Crippen LogP contribution in [-0.2, 0) is 6.42 Å². The monoisotopic (exact) mass is 411 g/mol. The summed E-state index contributed by atoms with van der Waals surface area (Å²) in [4.78, 5) is 13.7.